The number of hydrogen-bond donors (Lipinski definition) is 1. The fourth-order valence-corrected chi connectivity index (χ4v) is 1.79. The third kappa shape index (κ3) is 3.52. The largest absolute Gasteiger partial charge is 0.342 e. The second-order valence-corrected chi connectivity index (χ2v) is 4.28. The minimum Gasteiger partial charge on any atom is -0.342 e. The quantitative estimate of drug-likeness (QED) is 0.743. The molecule has 0 aliphatic carbocycles. The zero-order valence-electron chi connectivity index (χ0n) is 9.49. The monoisotopic (exact) mass is 209 g/mol. The molecule has 2 atom stereocenters. The number of nitriles is 1. The van der Waals surface area contributed by atoms with Crippen molar-refractivity contribution in [2.24, 2.45) is 5.92 Å². The van der Waals surface area contributed by atoms with Crippen molar-refractivity contribution in [3.63, 3.8) is 0 Å². The van der Waals surface area contributed by atoms with E-state index in [0.29, 0.717) is 18.8 Å². The Bertz CT molecular complexity index is 253. The standard InChI is InChI=1S/C11H19N3O/c1-9(3-5-12)14(2)11(15)7-10-4-6-13-8-10/h9-10,13H,3-4,6-8H2,1-2H3. The van der Waals surface area contributed by atoms with Crippen molar-refractivity contribution in [1.29, 1.82) is 5.26 Å². The second kappa shape index (κ2) is 5.72. The van der Waals surface area contributed by atoms with E-state index >= 15 is 0 Å². The Morgan fingerprint density at radius 1 is 1.73 bits per heavy atom. The van der Waals surface area contributed by atoms with E-state index < -0.39 is 0 Å². The zero-order valence-corrected chi connectivity index (χ0v) is 9.49. The lowest BCUT2D eigenvalue weighted by atomic mass is 10.0. The van der Waals surface area contributed by atoms with Crippen LogP contribution in [0.15, 0.2) is 0 Å². The topological polar surface area (TPSA) is 56.1 Å². The maximum Gasteiger partial charge on any atom is 0.222 e. The van der Waals surface area contributed by atoms with Gasteiger partial charge in [-0.15, -0.1) is 0 Å². The molecule has 0 aromatic carbocycles. The maximum atomic E-state index is 11.8. The number of amides is 1. The molecule has 0 radical (unpaired) electrons. The first-order valence-corrected chi connectivity index (χ1v) is 5.48. The SMILES string of the molecule is CC(CC#N)N(C)C(=O)CC1CCNC1. The molecule has 0 aromatic heterocycles. The predicted molar refractivity (Wildman–Crippen MR) is 58.1 cm³/mol. The first kappa shape index (κ1) is 12.0. The molecule has 2 unspecified atom stereocenters. The normalized spacial score (nSPS) is 22.1. The Labute approximate surface area is 91.2 Å². The van der Waals surface area contributed by atoms with Gasteiger partial charge in [-0.05, 0) is 32.4 Å². The highest BCUT2D eigenvalue weighted by Gasteiger charge is 2.22. The van der Waals surface area contributed by atoms with Gasteiger partial charge in [0.2, 0.25) is 5.91 Å². The third-order valence-electron chi connectivity index (χ3n) is 3.07. The van der Waals surface area contributed by atoms with Gasteiger partial charge < -0.3 is 10.2 Å². The lowest BCUT2D eigenvalue weighted by Gasteiger charge is -2.24. The van der Waals surface area contributed by atoms with Crippen LogP contribution >= 0.6 is 0 Å². The first-order chi connectivity index (χ1) is 7.15. The summed E-state index contributed by atoms with van der Waals surface area (Å²) in [5.41, 5.74) is 0. The maximum absolute atomic E-state index is 11.8. The fourth-order valence-electron chi connectivity index (χ4n) is 1.79. The molecule has 4 nitrogen and oxygen atoms in total. The van der Waals surface area contributed by atoms with Crippen LogP contribution in [0.2, 0.25) is 0 Å². The summed E-state index contributed by atoms with van der Waals surface area (Å²) in [5.74, 6) is 0.640. The average Bonchev–Trinajstić information content (AvgIpc) is 2.69. The molecule has 1 fully saturated rings. The molecule has 1 saturated heterocycles. The van der Waals surface area contributed by atoms with E-state index in [1.807, 2.05) is 6.92 Å². The van der Waals surface area contributed by atoms with Gasteiger partial charge >= 0.3 is 0 Å². The molecular formula is C11H19N3O. The molecule has 0 saturated carbocycles. The minimum absolute atomic E-state index is 0.0249. The van der Waals surface area contributed by atoms with Crippen molar-refractivity contribution >= 4 is 5.91 Å². The van der Waals surface area contributed by atoms with Crippen LogP contribution in [0.25, 0.3) is 0 Å². The van der Waals surface area contributed by atoms with Crippen molar-refractivity contribution in [2.45, 2.75) is 32.2 Å². The molecule has 1 amide bonds. The number of nitrogens with zero attached hydrogens (tertiary/aromatic N) is 2. The highest BCUT2D eigenvalue weighted by atomic mass is 16.2. The molecule has 15 heavy (non-hydrogen) atoms. The van der Waals surface area contributed by atoms with Crippen molar-refractivity contribution in [1.82, 2.24) is 10.2 Å². The Morgan fingerprint density at radius 3 is 3.00 bits per heavy atom. The number of hydrogen-bond acceptors (Lipinski definition) is 3. The number of nitrogens with one attached hydrogen (secondary N) is 1. The van der Waals surface area contributed by atoms with E-state index in [-0.39, 0.29) is 11.9 Å². The van der Waals surface area contributed by atoms with Crippen LogP contribution in [0, 0.1) is 17.2 Å². The molecule has 1 aliphatic rings. The second-order valence-electron chi connectivity index (χ2n) is 4.28. The van der Waals surface area contributed by atoms with E-state index in [2.05, 4.69) is 11.4 Å². The Hall–Kier alpha value is -1.08. The summed E-state index contributed by atoms with van der Waals surface area (Å²) in [5, 5.41) is 11.8. The van der Waals surface area contributed by atoms with Gasteiger partial charge in [0.05, 0.1) is 12.5 Å². The molecule has 0 bridgehead atoms. The van der Waals surface area contributed by atoms with Crippen LogP contribution in [0.3, 0.4) is 0 Å². The van der Waals surface area contributed by atoms with E-state index in [9.17, 15) is 4.79 Å². The summed E-state index contributed by atoms with van der Waals surface area (Å²) in [6.07, 6.45) is 2.11. The summed E-state index contributed by atoms with van der Waals surface area (Å²) in [6.45, 7) is 3.88. The van der Waals surface area contributed by atoms with Crippen LogP contribution in [0.1, 0.15) is 26.2 Å². The van der Waals surface area contributed by atoms with Gasteiger partial charge in [0.25, 0.3) is 0 Å². The summed E-state index contributed by atoms with van der Waals surface area (Å²) in [6, 6.07) is 2.12. The van der Waals surface area contributed by atoms with Gasteiger partial charge in [0, 0.05) is 19.5 Å². The average molecular weight is 209 g/mol. The molecule has 1 aliphatic heterocycles. The summed E-state index contributed by atoms with van der Waals surface area (Å²) in [7, 11) is 1.78. The minimum atomic E-state index is 0.0249. The first-order valence-electron chi connectivity index (χ1n) is 5.48. The molecule has 0 spiro atoms. The highest BCUT2D eigenvalue weighted by Crippen LogP contribution is 2.14. The van der Waals surface area contributed by atoms with E-state index in [0.717, 1.165) is 19.5 Å². The molecular weight excluding hydrogens is 190 g/mol. The lowest BCUT2D eigenvalue weighted by molar-refractivity contribution is -0.132. The van der Waals surface area contributed by atoms with Crippen LogP contribution < -0.4 is 5.32 Å². The molecule has 1 rings (SSSR count). The molecule has 1 heterocycles. The highest BCUT2D eigenvalue weighted by molar-refractivity contribution is 5.76. The van der Waals surface area contributed by atoms with Crippen molar-refractivity contribution in [2.75, 3.05) is 20.1 Å². The summed E-state index contributed by atoms with van der Waals surface area (Å²) >= 11 is 0. The van der Waals surface area contributed by atoms with Gasteiger partial charge in [-0.25, -0.2) is 0 Å². The Balaban J connectivity index is 2.35. The van der Waals surface area contributed by atoms with Gasteiger partial charge in [-0.2, -0.15) is 5.26 Å². The van der Waals surface area contributed by atoms with E-state index in [4.69, 9.17) is 5.26 Å². The Morgan fingerprint density at radius 2 is 2.47 bits per heavy atom. The molecule has 4 heteroatoms. The summed E-state index contributed by atoms with van der Waals surface area (Å²) in [4.78, 5) is 13.5. The van der Waals surface area contributed by atoms with Crippen LogP contribution in [0.5, 0.6) is 0 Å². The van der Waals surface area contributed by atoms with E-state index in [1.54, 1.807) is 11.9 Å². The smallest absolute Gasteiger partial charge is 0.222 e. The number of rotatable bonds is 4. The van der Waals surface area contributed by atoms with Crippen molar-refractivity contribution in [3.8, 4) is 6.07 Å². The van der Waals surface area contributed by atoms with Crippen LogP contribution in [-0.4, -0.2) is 37.0 Å². The molecule has 1 N–H and O–H groups in total. The zero-order chi connectivity index (χ0) is 11.3. The van der Waals surface area contributed by atoms with Crippen molar-refractivity contribution in [3.05, 3.63) is 0 Å². The van der Waals surface area contributed by atoms with Crippen molar-refractivity contribution < 1.29 is 4.79 Å². The Kier molecular flexibility index (Phi) is 4.57. The number of carbonyl (C=O) groups excluding carboxylic acids is 1. The van der Waals surface area contributed by atoms with Crippen LogP contribution in [-0.2, 0) is 4.79 Å². The molecule has 84 valence electrons. The summed E-state index contributed by atoms with van der Waals surface area (Å²) < 4.78 is 0. The third-order valence-corrected chi connectivity index (χ3v) is 3.07. The van der Waals surface area contributed by atoms with Gasteiger partial charge in [0.15, 0.2) is 0 Å². The lowest BCUT2D eigenvalue weighted by Crippen LogP contribution is -2.36. The van der Waals surface area contributed by atoms with E-state index in [1.165, 1.54) is 0 Å². The van der Waals surface area contributed by atoms with Gasteiger partial charge in [0.1, 0.15) is 0 Å². The fraction of sp³-hybridized carbons (Fsp3) is 0.818. The predicted octanol–water partition coefficient (Wildman–Crippen LogP) is 0.747. The number of carbonyl (C=O) groups is 1. The molecule has 0 aromatic rings. The van der Waals surface area contributed by atoms with Crippen LogP contribution in [0.4, 0.5) is 0 Å². The van der Waals surface area contributed by atoms with Gasteiger partial charge in [-0.1, -0.05) is 0 Å². The van der Waals surface area contributed by atoms with Gasteiger partial charge in [-0.3, -0.25) is 4.79 Å².